The zero-order chi connectivity index (χ0) is 14.8. The van der Waals surface area contributed by atoms with Gasteiger partial charge >= 0.3 is 5.97 Å². The molecule has 1 heterocycles. The molecule has 0 radical (unpaired) electrons. The van der Waals surface area contributed by atoms with Crippen LogP contribution in [-0.4, -0.2) is 28.6 Å². The highest BCUT2D eigenvalue weighted by molar-refractivity contribution is 5.96. The second-order valence-corrected chi connectivity index (χ2v) is 4.12. The summed E-state index contributed by atoms with van der Waals surface area (Å²) < 4.78 is 0. The Morgan fingerprint density at radius 3 is 2.70 bits per heavy atom. The molecule has 1 rings (SSSR count). The first kappa shape index (κ1) is 15.4. The lowest BCUT2D eigenvalue weighted by atomic mass is 10.2. The van der Waals surface area contributed by atoms with E-state index in [2.05, 4.69) is 10.3 Å². The summed E-state index contributed by atoms with van der Waals surface area (Å²) in [5.41, 5.74) is 0.575. The van der Waals surface area contributed by atoms with Gasteiger partial charge < -0.3 is 10.4 Å². The number of pyridine rings is 1. The van der Waals surface area contributed by atoms with E-state index in [4.69, 9.17) is 15.8 Å². The number of guanidine groups is 1. The van der Waals surface area contributed by atoms with Crippen LogP contribution in [0.15, 0.2) is 24.5 Å². The molecule has 3 N–H and O–H groups in total. The van der Waals surface area contributed by atoms with Crippen molar-refractivity contribution in [3.63, 3.8) is 0 Å². The van der Waals surface area contributed by atoms with Gasteiger partial charge in [0.15, 0.2) is 6.19 Å². The van der Waals surface area contributed by atoms with Crippen molar-refractivity contribution in [2.45, 2.75) is 25.7 Å². The monoisotopic (exact) mass is 275 g/mol. The molecule has 106 valence electrons. The Hall–Kier alpha value is -2.62. The van der Waals surface area contributed by atoms with E-state index in [1.807, 2.05) is 6.19 Å². The molecule has 0 fully saturated rings. The Labute approximate surface area is 117 Å². The number of unbranched alkanes of at least 4 members (excludes halogenated alkanes) is 2. The van der Waals surface area contributed by atoms with Gasteiger partial charge in [-0.1, -0.05) is 6.42 Å². The zero-order valence-electron chi connectivity index (χ0n) is 11.0. The molecule has 0 saturated heterocycles. The summed E-state index contributed by atoms with van der Waals surface area (Å²) in [4.78, 5) is 15.3. The fourth-order valence-corrected chi connectivity index (χ4v) is 1.59. The van der Waals surface area contributed by atoms with Crippen LogP contribution >= 0.6 is 0 Å². The molecule has 0 spiro atoms. The van der Waals surface area contributed by atoms with Gasteiger partial charge in [-0.05, 0) is 25.0 Å². The van der Waals surface area contributed by atoms with Crippen molar-refractivity contribution in [2.24, 2.45) is 0 Å². The summed E-state index contributed by atoms with van der Waals surface area (Å²) in [6.45, 7) is 0.529. The van der Waals surface area contributed by atoms with E-state index in [0.717, 1.165) is 12.8 Å². The number of nitriles is 1. The van der Waals surface area contributed by atoms with Crippen LogP contribution in [0.2, 0.25) is 0 Å². The zero-order valence-corrected chi connectivity index (χ0v) is 11.0. The predicted molar refractivity (Wildman–Crippen MR) is 74.2 cm³/mol. The van der Waals surface area contributed by atoms with E-state index in [0.29, 0.717) is 18.7 Å². The van der Waals surface area contributed by atoms with Gasteiger partial charge in [-0.2, -0.15) is 5.26 Å². The maximum absolute atomic E-state index is 10.3. The highest BCUT2D eigenvalue weighted by Gasteiger charge is 2.10. The Morgan fingerprint density at radius 1 is 1.40 bits per heavy atom. The molecule has 0 amide bonds. The summed E-state index contributed by atoms with van der Waals surface area (Å²) in [7, 11) is 0. The SMILES string of the molecule is N#CN(C(=N)NCCCCCC(=O)O)c1ccncc1. The van der Waals surface area contributed by atoms with Crippen molar-refractivity contribution in [1.29, 1.82) is 10.7 Å². The van der Waals surface area contributed by atoms with Crippen molar-refractivity contribution >= 4 is 17.6 Å². The maximum Gasteiger partial charge on any atom is 0.303 e. The molecule has 20 heavy (non-hydrogen) atoms. The molecule has 0 aliphatic carbocycles. The fraction of sp³-hybridized carbons (Fsp3) is 0.385. The third-order valence-corrected chi connectivity index (χ3v) is 2.60. The molecule has 0 saturated carbocycles. The van der Waals surface area contributed by atoms with E-state index in [1.165, 1.54) is 4.90 Å². The molecule has 0 bridgehead atoms. The molecule has 1 aromatic heterocycles. The molecule has 0 aliphatic rings. The summed E-state index contributed by atoms with van der Waals surface area (Å²) in [5.74, 6) is -0.795. The first-order chi connectivity index (χ1) is 9.65. The summed E-state index contributed by atoms with van der Waals surface area (Å²) in [6, 6.07) is 3.29. The van der Waals surface area contributed by atoms with E-state index in [9.17, 15) is 4.79 Å². The van der Waals surface area contributed by atoms with Crippen LogP contribution in [0.1, 0.15) is 25.7 Å². The van der Waals surface area contributed by atoms with Crippen LogP contribution < -0.4 is 10.2 Å². The number of carboxylic acids is 1. The van der Waals surface area contributed by atoms with Gasteiger partial charge in [-0.25, -0.2) is 4.90 Å². The minimum Gasteiger partial charge on any atom is -0.481 e. The smallest absolute Gasteiger partial charge is 0.303 e. The third-order valence-electron chi connectivity index (χ3n) is 2.60. The van der Waals surface area contributed by atoms with Crippen molar-refractivity contribution in [3.8, 4) is 6.19 Å². The van der Waals surface area contributed by atoms with Crippen LogP contribution in [0, 0.1) is 16.9 Å². The summed E-state index contributed by atoms with van der Waals surface area (Å²) in [6.07, 6.45) is 7.35. The standard InChI is InChI=1S/C13H17N5O2/c14-10-18(11-5-8-16-9-6-11)13(15)17-7-3-1-2-4-12(19)20/h5-6,8-9H,1-4,7H2,(H2,15,17)(H,19,20). The first-order valence-electron chi connectivity index (χ1n) is 6.29. The van der Waals surface area contributed by atoms with Crippen LogP contribution in [0.25, 0.3) is 0 Å². The molecule has 1 aromatic rings. The first-order valence-corrected chi connectivity index (χ1v) is 6.29. The van der Waals surface area contributed by atoms with Crippen molar-refractivity contribution in [3.05, 3.63) is 24.5 Å². The minimum absolute atomic E-state index is 0.00284. The van der Waals surface area contributed by atoms with Gasteiger partial charge in [0.05, 0.1) is 5.69 Å². The van der Waals surface area contributed by atoms with Crippen molar-refractivity contribution in [2.75, 3.05) is 11.4 Å². The van der Waals surface area contributed by atoms with Gasteiger partial charge in [-0.15, -0.1) is 0 Å². The average Bonchev–Trinajstić information content (AvgIpc) is 2.44. The van der Waals surface area contributed by atoms with Crippen LogP contribution in [-0.2, 0) is 4.79 Å². The molecule has 0 aromatic carbocycles. The fourth-order valence-electron chi connectivity index (χ4n) is 1.59. The second-order valence-electron chi connectivity index (χ2n) is 4.12. The van der Waals surface area contributed by atoms with E-state index < -0.39 is 5.97 Å². The minimum atomic E-state index is -0.793. The number of rotatable bonds is 7. The highest BCUT2D eigenvalue weighted by Crippen LogP contribution is 2.10. The van der Waals surface area contributed by atoms with E-state index in [1.54, 1.807) is 24.5 Å². The van der Waals surface area contributed by atoms with E-state index >= 15 is 0 Å². The Morgan fingerprint density at radius 2 is 2.10 bits per heavy atom. The molecule has 7 nitrogen and oxygen atoms in total. The molecular formula is C13H17N5O2. The van der Waals surface area contributed by atoms with Gasteiger partial charge in [0.1, 0.15) is 0 Å². The number of nitrogens with one attached hydrogen (secondary N) is 2. The topological polar surface area (TPSA) is 113 Å². The van der Waals surface area contributed by atoms with Gasteiger partial charge in [0.2, 0.25) is 5.96 Å². The van der Waals surface area contributed by atoms with Gasteiger partial charge in [0, 0.05) is 25.4 Å². The lowest BCUT2D eigenvalue weighted by Gasteiger charge is -2.17. The lowest BCUT2D eigenvalue weighted by Crippen LogP contribution is -2.38. The average molecular weight is 275 g/mol. The van der Waals surface area contributed by atoms with Crippen LogP contribution in [0.5, 0.6) is 0 Å². The number of aliphatic carboxylic acids is 1. The molecule has 0 aliphatic heterocycles. The van der Waals surface area contributed by atoms with Crippen LogP contribution in [0.4, 0.5) is 5.69 Å². The summed E-state index contributed by atoms with van der Waals surface area (Å²) >= 11 is 0. The van der Waals surface area contributed by atoms with Crippen molar-refractivity contribution < 1.29 is 9.90 Å². The number of carboxylic acid groups (broad SMARTS) is 1. The number of anilines is 1. The van der Waals surface area contributed by atoms with Gasteiger partial charge in [0.25, 0.3) is 0 Å². The second kappa shape index (κ2) is 8.48. The Balaban J connectivity index is 2.31. The molecule has 0 atom stereocenters. The van der Waals surface area contributed by atoms with Crippen LogP contribution in [0.3, 0.4) is 0 Å². The maximum atomic E-state index is 10.3. The highest BCUT2D eigenvalue weighted by atomic mass is 16.4. The molecule has 7 heteroatoms. The molecule has 0 unspecified atom stereocenters. The predicted octanol–water partition coefficient (Wildman–Crippen LogP) is 1.54. The Kier molecular flexibility index (Phi) is 6.54. The normalized spacial score (nSPS) is 9.55. The Bertz CT molecular complexity index is 483. The number of aromatic nitrogens is 1. The summed E-state index contributed by atoms with van der Waals surface area (Å²) in [5, 5.41) is 28.2. The quantitative estimate of drug-likeness (QED) is 0.229. The molecular weight excluding hydrogens is 258 g/mol. The number of hydrogen-bond acceptors (Lipinski definition) is 4. The number of carbonyl (C=O) groups is 1. The number of nitrogens with zero attached hydrogens (tertiary/aromatic N) is 3. The van der Waals surface area contributed by atoms with E-state index in [-0.39, 0.29) is 12.4 Å². The largest absolute Gasteiger partial charge is 0.481 e. The lowest BCUT2D eigenvalue weighted by molar-refractivity contribution is -0.137. The number of hydrogen-bond donors (Lipinski definition) is 3. The van der Waals surface area contributed by atoms with Crippen molar-refractivity contribution in [1.82, 2.24) is 10.3 Å². The van der Waals surface area contributed by atoms with Gasteiger partial charge in [-0.3, -0.25) is 15.2 Å². The third kappa shape index (κ3) is 5.35.